The quantitative estimate of drug-likeness (QED) is 0.186. The SMILES string of the molecule is O=S(=O)(O)C(F)(F)C(F)(F)OC(F)(F)C(F)(F)OC(F)(F)C(F)(F)C(F)(F)C(F)(F)C(F)(F)C(F)(F)C(F)(F)F. The van der Waals surface area contributed by atoms with Crippen molar-refractivity contribution in [3.05, 3.63) is 0 Å². The van der Waals surface area contributed by atoms with Crippen LogP contribution in [0.5, 0.6) is 0 Å². The van der Waals surface area contributed by atoms with Crippen molar-refractivity contribution in [2.75, 3.05) is 0 Å². The van der Waals surface area contributed by atoms with Crippen molar-refractivity contribution in [1.29, 1.82) is 0 Å². The van der Waals surface area contributed by atoms with E-state index in [9.17, 15) is 109 Å². The monoisotopic (exact) mass is 682 g/mol. The predicted octanol–water partition coefficient (Wildman–Crippen LogP) is 6.61. The Morgan fingerprint density at radius 3 is 0.900 bits per heavy atom. The number of rotatable bonds is 12. The molecule has 0 heterocycles. The van der Waals surface area contributed by atoms with Crippen LogP contribution in [0.1, 0.15) is 0 Å². The van der Waals surface area contributed by atoms with Gasteiger partial charge in [-0.25, -0.2) is 9.47 Å². The van der Waals surface area contributed by atoms with E-state index >= 15 is 0 Å². The van der Waals surface area contributed by atoms with Crippen molar-refractivity contribution >= 4 is 10.1 Å². The van der Waals surface area contributed by atoms with Gasteiger partial charge in [0, 0.05) is 0 Å². The predicted molar refractivity (Wildman–Crippen MR) is 69.2 cm³/mol. The second-order valence-electron chi connectivity index (χ2n) is 6.63. The van der Waals surface area contributed by atoms with Crippen LogP contribution < -0.4 is 0 Å². The molecule has 0 saturated heterocycles. The molecule has 0 aliphatic rings. The molecule has 0 amide bonds. The normalized spacial score (nSPS) is 16.9. The van der Waals surface area contributed by atoms with Gasteiger partial charge in [-0.2, -0.15) is 109 Å². The standard InChI is InChI=1S/C11HF23O5S/c12-1(13,2(14,15)4(18,19)6(22,23)24)3(16,17)5(20,21)7(25,26)38-8(27,28)9(29,30)39-10(31,32)11(33,34)40(35,36)37/h(H,35,36,37). The van der Waals surface area contributed by atoms with Gasteiger partial charge >= 0.3 is 75.6 Å². The Labute approximate surface area is 200 Å². The molecule has 0 aromatic carbocycles. The van der Waals surface area contributed by atoms with E-state index in [0.717, 1.165) is 9.47 Å². The average Bonchev–Trinajstić information content (AvgIpc) is 2.63. The summed E-state index contributed by atoms with van der Waals surface area (Å²) in [5.74, 6) is -44.8. The molecule has 0 radical (unpaired) electrons. The zero-order valence-corrected chi connectivity index (χ0v) is 17.5. The van der Waals surface area contributed by atoms with Crippen LogP contribution in [0.4, 0.5) is 101 Å². The number of hydrogen-bond donors (Lipinski definition) is 1. The van der Waals surface area contributed by atoms with Gasteiger partial charge in [-0.15, -0.1) is 0 Å². The molecule has 0 unspecified atom stereocenters. The van der Waals surface area contributed by atoms with E-state index < -0.39 is 75.6 Å². The van der Waals surface area contributed by atoms with Crippen molar-refractivity contribution in [2.45, 2.75) is 65.5 Å². The van der Waals surface area contributed by atoms with Crippen LogP contribution in [0.3, 0.4) is 0 Å². The number of ether oxygens (including phenoxy) is 2. The molecule has 242 valence electrons. The Morgan fingerprint density at radius 2 is 0.625 bits per heavy atom. The second kappa shape index (κ2) is 9.36. The fraction of sp³-hybridized carbons (Fsp3) is 1.00. The van der Waals surface area contributed by atoms with Gasteiger partial charge in [0.15, 0.2) is 0 Å². The molecular weight excluding hydrogens is 681 g/mol. The molecule has 0 bridgehead atoms. The lowest BCUT2D eigenvalue weighted by atomic mass is 9.93. The summed E-state index contributed by atoms with van der Waals surface area (Å²) in [7, 11) is -7.70. The van der Waals surface area contributed by atoms with Gasteiger partial charge in [0.1, 0.15) is 0 Å². The van der Waals surface area contributed by atoms with Crippen LogP contribution >= 0.6 is 0 Å². The molecule has 40 heavy (non-hydrogen) atoms. The van der Waals surface area contributed by atoms with E-state index in [0.29, 0.717) is 0 Å². The number of hydrogen-bond acceptors (Lipinski definition) is 4. The topological polar surface area (TPSA) is 72.8 Å². The van der Waals surface area contributed by atoms with Crippen molar-refractivity contribution in [3.8, 4) is 0 Å². The van der Waals surface area contributed by atoms with Crippen molar-refractivity contribution in [2.24, 2.45) is 0 Å². The van der Waals surface area contributed by atoms with Gasteiger partial charge in [0.25, 0.3) is 0 Å². The molecule has 0 atom stereocenters. The lowest BCUT2D eigenvalue weighted by molar-refractivity contribution is -0.549. The smallest absolute Gasteiger partial charge is 0.281 e. The van der Waals surface area contributed by atoms with E-state index in [1.54, 1.807) is 0 Å². The molecule has 0 spiro atoms. The Balaban J connectivity index is 6.73. The second-order valence-corrected chi connectivity index (χ2v) is 8.10. The number of alkyl halides is 23. The molecule has 0 aromatic heterocycles. The molecule has 29 heteroatoms. The molecule has 0 rings (SSSR count). The van der Waals surface area contributed by atoms with Crippen LogP contribution in [0, 0.1) is 0 Å². The van der Waals surface area contributed by atoms with Gasteiger partial charge < -0.3 is 0 Å². The van der Waals surface area contributed by atoms with E-state index in [1.807, 2.05) is 0 Å². The van der Waals surface area contributed by atoms with E-state index in [-0.39, 0.29) is 0 Å². The Hall–Kier alpha value is -1.78. The molecular formula is C11HF23O5S. The molecule has 0 saturated carbocycles. The fourth-order valence-corrected chi connectivity index (χ4v) is 2.01. The van der Waals surface area contributed by atoms with E-state index in [4.69, 9.17) is 4.55 Å². The summed E-state index contributed by atoms with van der Waals surface area (Å²) in [6.45, 7) is 0. The minimum atomic E-state index is -9.18. The van der Waals surface area contributed by atoms with Crippen molar-refractivity contribution in [3.63, 3.8) is 0 Å². The van der Waals surface area contributed by atoms with Gasteiger partial charge in [-0.05, 0) is 0 Å². The summed E-state index contributed by atoms with van der Waals surface area (Å²) in [5.41, 5.74) is 0. The Bertz CT molecular complexity index is 1040. The maximum Gasteiger partial charge on any atom is 0.460 e. The molecule has 5 nitrogen and oxygen atoms in total. The lowest BCUT2D eigenvalue weighted by Crippen LogP contribution is -2.73. The third kappa shape index (κ3) is 5.40. The maximum atomic E-state index is 13.3. The highest BCUT2D eigenvalue weighted by Gasteiger charge is 2.94. The van der Waals surface area contributed by atoms with E-state index in [1.165, 1.54) is 0 Å². The summed E-state index contributed by atoms with van der Waals surface area (Å²) in [6.07, 6.45) is -40.9. The molecule has 0 fully saturated rings. The van der Waals surface area contributed by atoms with Crippen LogP contribution in [0.25, 0.3) is 0 Å². The Kier molecular flexibility index (Phi) is 8.95. The van der Waals surface area contributed by atoms with E-state index in [2.05, 4.69) is 0 Å². The summed E-state index contributed by atoms with van der Waals surface area (Å²) >= 11 is 0. The van der Waals surface area contributed by atoms with Crippen molar-refractivity contribution in [1.82, 2.24) is 0 Å². The maximum absolute atomic E-state index is 13.3. The Morgan fingerprint density at radius 1 is 0.375 bits per heavy atom. The third-order valence-corrected chi connectivity index (χ3v) is 4.70. The van der Waals surface area contributed by atoms with Gasteiger partial charge in [-0.3, -0.25) is 4.55 Å². The molecule has 1 N–H and O–H groups in total. The molecule has 0 aliphatic carbocycles. The highest BCUT2D eigenvalue weighted by atomic mass is 32.2. The summed E-state index contributed by atoms with van der Waals surface area (Å²) in [5, 5.41) is -7.48. The first kappa shape index (κ1) is 38.2. The largest absolute Gasteiger partial charge is 0.460 e. The van der Waals surface area contributed by atoms with Crippen LogP contribution in [-0.4, -0.2) is 78.4 Å². The van der Waals surface area contributed by atoms with Gasteiger partial charge in [-0.1, -0.05) is 0 Å². The first-order valence-electron chi connectivity index (χ1n) is 7.88. The summed E-state index contributed by atoms with van der Waals surface area (Å²) < 4.78 is 327. The molecule has 0 aromatic rings. The minimum absolute atomic E-state index is 0.896. The minimum Gasteiger partial charge on any atom is -0.281 e. The first-order valence-corrected chi connectivity index (χ1v) is 9.32. The first-order chi connectivity index (χ1) is 16.7. The van der Waals surface area contributed by atoms with Crippen LogP contribution in [-0.2, 0) is 19.6 Å². The van der Waals surface area contributed by atoms with Gasteiger partial charge in [0.05, 0.1) is 0 Å². The lowest BCUT2D eigenvalue weighted by Gasteiger charge is -2.41. The highest BCUT2D eigenvalue weighted by Crippen LogP contribution is 2.63. The third-order valence-electron chi connectivity index (χ3n) is 3.81. The average molecular weight is 682 g/mol. The van der Waals surface area contributed by atoms with Crippen molar-refractivity contribution < 1.29 is 123 Å². The fourth-order valence-electron chi connectivity index (χ4n) is 1.67. The number of halogens is 23. The molecule has 0 aliphatic heterocycles. The zero-order chi connectivity index (χ0) is 33.4. The highest BCUT2D eigenvalue weighted by molar-refractivity contribution is 7.86. The zero-order valence-electron chi connectivity index (χ0n) is 16.7. The summed E-state index contributed by atoms with van der Waals surface area (Å²) in [6, 6.07) is 0. The van der Waals surface area contributed by atoms with Crippen LogP contribution in [0.15, 0.2) is 0 Å². The summed E-state index contributed by atoms with van der Waals surface area (Å²) in [4.78, 5) is 0. The van der Waals surface area contributed by atoms with Crippen LogP contribution in [0.2, 0.25) is 0 Å². The van der Waals surface area contributed by atoms with Gasteiger partial charge in [0.2, 0.25) is 0 Å².